The summed E-state index contributed by atoms with van der Waals surface area (Å²) in [5.41, 5.74) is 0. The number of fused-ring (bicyclic) bond motifs is 1. The summed E-state index contributed by atoms with van der Waals surface area (Å²) in [6.07, 6.45) is 0. The van der Waals surface area contributed by atoms with Crippen molar-refractivity contribution in [2.45, 2.75) is 0 Å². The molecule has 3 nitrogen and oxygen atoms in total. The minimum Gasteiger partial charge on any atom is -0.508 e. The van der Waals surface area contributed by atoms with Crippen LogP contribution in [0.3, 0.4) is 0 Å². The van der Waals surface area contributed by atoms with Gasteiger partial charge in [0.15, 0.2) is 6.79 Å². The van der Waals surface area contributed by atoms with Gasteiger partial charge in [-0.25, -0.2) is 0 Å². The zero-order valence-corrected chi connectivity index (χ0v) is 8.43. The van der Waals surface area contributed by atoms with Crippen molar-refractivity contribution < 1.29 is 14.6 Å². The Balaban J connectivity index is 2.34. The molecule has 0 aliphatic carbocycles. The van der Waals surface area contributed by atoms with Crippen LogP contribution in [-0.4, -0.2) is 19.0 Å². The molecule has 2 aromatic rings. The van der Waals surface area contributed by atoms with Gasteiger partial charge in [0.25, 0.3) is 0 Å². The highest BCUT2D eigenvalue weighted by molar-refractivity contribution is 5.85. The van der Waals surface area contributed by atoms with Crippen molar-refractivity contribution in [3.05, 3.63) is 36.4 Å². The molecule has 0 fully saturated rings. The highest BCUT2D eigenvalue weighted by Gasteiger charge is 1.98. The van der Waals surface area contributed by atoms with E-state index < -0.39 is 0 Å². The maximum absolute atomic E-state index is 9.29. The highest BCUT2D eigenvalue weighted by atomic mass is 16.7. The third kappa shape index (κ3) is 2.19. The third-order valence-electron chi connectivity index (χ3n) is 2.14. The molecule has 0 aliphatic rings. The first kappa shape index (κ1) is 9.80. The van der Waals surface area contributed by atoms with E-state index in [4.69, 9.17) is 9.47 Å². The normalized spacial score (nSPS) is 10.5. The lowest BCUT2D eigenvalue weighted by molar-refractivity contribution is 0.0512. The third-order valence-corrected chi connectivity index (χ3v) is 2.14. The number of phenolic OH excluding ortho intramolecular Hbond substituents is 1. The molecule has 0 aliphatic heterocycles. The average molecular weight is 204 g/mol. The van der Waals surface area contributed by atoms with Gasteiger partial charge in [0, 0.05) is 7.11 Å². The first-order chi connectivity index (χ1) is 7.29. The van der Waals surface area contributed by atoms with E-state index in [0.717, 1.165) is 16.5 Å². The van der Waals surface area contributed by atoms with Crippen LogP contribution in [0.5, 0.6) is 11.5 Å². The zero-order valence-electron chi connectivity index (χ0n) is 8.43. The molecule has 0 heterocycles. The van der Waals surface area contributed by atoms with Crippen LogP contribution in [-0.2, 0) is 4.74 Å². The summed E-state index contributed by atoms with van der Waals surface area (Å²) in [5.74, 6) is 1.03. The largest absolute Gasteiger partial charge is 0.508 e. The van der Waals surface area contributed by atoms with Crippen LogP contribution in [0.15, 0.2) is 36.4 Å². The van der Waals surface area contributed by atoms with Crippen molar-refractivity contribution >= 4 is 10.8 Å². The van der Waals surface area contributed by atoms with Crippen LogP contribution in [0.4, 0.5) is 0 Å². The van der Waals surface area contributed by atoms with E-state index in [-0.39, 0.29) is 12.5 Å². The van der Waals surface area contributed by atoms with E-state index in [0.29, 0.717) is 0 Å². The molecule has 0 amide bonds. The highest BCUT2D eigenvalue weighted by Crippen LogP contribution is 2.24. The summed E-state index contributed by atoms with van der Waals surface area (Å²) in [5, 5.41) is 11.3. The Hall–Kier alpha value is -1.74. The molecule has 0 aromatic heterocycles. The Morgan fingerprint density at radius 3 is 2.60 bits per heavy atom. The quantitative estimate of drug-likeness (QED) is 0.781. The Bertz CT molecular complexity index is 465. The summed E-state index contributed by atoms with van der Waals surface area (Å²) in [6, 6.07) is 10.9. The van der Waals surface area contributed by atoms with Crippen LogP contribution in [0.25, 0.3) is 10.8 Å². The topological polar surface area (TPSA) is 38.7 Å². The Morgan fingerprint density at radius 1 is 1.07 bits per heavy atom. The summed E-state index contributed by atoms with van der Waals surface area (Å²) in [4.78, 5) is 0. The van der Waals surface area contributed by atoms with E-state index >= 15 is 0 Å². The summed E-state index contributed by atoms with van der Waals surface area (Å²) in [7, 11) is 1.58. The molecule has 2 aromatic carbocycles. The Labute approximate surface area is 87.9 Å². The molecule has 0 radical (unpaired) electrons. The second-order valence-electron chi connectivity index (χ2n) is 3.24. The Kier molecular flexibility index (Phi) is 2.74. The van der Waals surface area contributed by atoms with Crippen molar-refractivity contribution in [3.63, 3.8) is 0 Å². The second kappa shape index (κ2) is 4.19. The molecule has 0 saturated carbocycles. The predicted octanol–water partition coefficient (Wildman–Crippen LogP) is 2.53. The fourth-order valence-corrected chi connectivity index (χ4v) is 1.43. The molecule has 0 unspecified atom stereocenters. The molecular formula is C12H12O3. The van der Waals surface area contributed by atoms with Gasteiger partial charge in [0.2, 0.25) is 0 Å². The predicted molar refractivity (Wildman–Crippen MR) is 58.1 cm³/mol. The van der Waals surface area contributed by atoms with Crippen LogP contribution >= 0.6 is 0 Å². The number of phenols is 1. The number of rotatable bonds is 3. The van der Waals surface area contributed by atoms with Crippen molar-refractivity contribution in [2.75, 3.05) is 13.9 Å². The first-order valence-corrected chi connectivity index (χ1v) is 4.64. The molecule has 3 heteroatoms. The molecule has 0 spiro atoms. The maximum Gasteiger partial charge on any atom is 0.188 e. The van der Waals surface area contributed by atoms with E-state index in [9.17, 15) is 5.11 Å². The van der Waals surface area contributed by atoms with Gasteiger partial charge in [0.05, 0.1) is 0 Å². The lowest BCUT2D eigenvalue weighted by Gasteiger charge is -2.05. The van der Waals surface area contributed by atoms with Gasteiger partial charge in [-0.2, -0.15) is 0 Å². The molecule has 0 saturated heterocycles. The molecule has 15 heavy (non-hydrogen) atoms. The van der Waals surface area contributed by atoms with Gasteiger partial charge in [-0.05, 0) is 35.0 Å². The van der Waals surface area contributed by atoms with E-state index in [1.165, 1.54) is 0 Å². The van der Waals surface area contributed by atoms with Crippen molar-refractivity contribution in [3.8, 4) is 11.5 Å². The Morgan fingerprint density at radius 2 is 1.80 bits per heavy atom. The number of benzene rings is 2. The summed E-state index contributed by atoms with van der Waals surface area (Å²) < 4.78 is 10.1. The van der Waals surface area contributed by atoms with Crippen LogP contribution in [0.1, 0.15) is 0 Å². The second-order valence-corrected chi connectivity index (χ2v) is 3.24. The van der Waals surface area contributed by atoms with Gasteiger partial charge in [0.1, 0.15) is 11.5 Å². The monoisotopic (exact) mass is 204 g/mol. The minimum atomic E-state index is 0.240. The summed E-state index contributed by atoms with van der Waals surface area (Å²) in [6.45, 7) is 0.240. The van der Waals surface area contributed by atoms with Crippen LogP contribution < -0.4 is 4.74 Å². The van der Waals surface area contributed by atoms with E-state index in [1.807, 2.05) is 24.3 Å². The van der Waals surface area contributed by atoms with Crippen molar-refractivity contribution in [1.82, 2.24) is 0 Å². The number of methoxy groups -OCH3 is 1. The number of hydrogen-bond donors (Lipinski definition) is 1. The molecular weight excluding hydrogens is 192 g/mol. The SMILES string of the molecule is COCOc1ccc2cc(O)ccc2c1. The molecule has 2 rings (SSSR count). The van der Waals surface area contributed by atoms with Crippen molar-refractivity contribution in [2.24, 2.45) is 0 Å². The maximum atomic E-state index is 9.29. The smallest absolute Gasteiger partial charge is 0.188 e. The lowest BCUT2D eigenvalue weighted by Crippen LogP contribution is -1.98. The standard InChI is InChI=1S/C12H12O3/c1-14-8-15-12-5-3-9-6-11(13)4-2-10(9)7-12/h2-7,13H,8H2,1H3. The van der Waals surface area contributed by atoms with Gasteiger partial charge in [-0.3, -0.25) is 0 Å². The van der Waals surface area contributed by atoms with Gasteiger partial charge in [-0.15, -0.1) is 0 Å². The molecule has 0 atom stereocenters. The lowest BCUT2D eigenvalue weighted by atomic mass is 10.1. The minimum absolute atomic E-state index is 0.240. The van der Waals surface area contributed by atoms with Crippen molar-refractivity contribution in [1.29, 1.82) is 0 Å². The van der Waals surface area contributed by atoms with Gasteiger partial charge >= 0.3 is 0 Å². The number of aromatic hydroxyl groups is 1. The summed E-state index contributed by atoms with van der Waals surface area (Å²) >= 11 is 0. The molecule has 1 N–H and O–H groups in total. The van der Waals surface area contributed by atoms with E-state index in [2.05, 4.69) is 0 Å². The van der Waals surface area contributed by atoms with Gasteiger partial charge < -0.3 is 14.6 Å². The average Bonchev–Trinajstić information content (AvgIpc) is 2.26. The van der Waals surface area contributed by atoms with Gasteiger partial charge in [-0.1, -0.05) is 12.1 Å². The number of hydrogen-bond acceptors (Lipinski definition) is 3. The zero-order chi connectivity index (χ0) is 10.7. The van der Waals surface area contributed by atoms with E-state index in [1.54, 1.807) is 19.2 Å². The molecule has 0 bridgehead atoms. The number of ether oxygens (including phenoxy) is 2. The van der Waals surface area contributed by atoms with Crippen LogP contribution in [0, 0.1) is 0 Å². The molecule has 78 valence electrons. The van der Waals surface area contributed by atoms with Crippen LogP contribution in [0.2, 0.25) is 0 Å². The fraction of sp³-hybridized carbons (Fsp3) is 0.167. The first-order valence-electron chi connectivity index (χ1n) is 4.64. The fourth-order valence-electron chi connectivity index (χ4n) is 1.43.